The molecule has 0 aromatic heterocycles. The summed E-state index contributed by atoms with van der Waals surface area (Å²) in [6, 6.07) is 24.5. The molecule has 3 aromatic carbocycles. The van der Waals surface area contributed by atoms with Gasteiger partial charge in [0.25, 0.3) is 0 Å². The standard InChI is InChI=1S/C20H14O/c21-20-17-9-5-4-8-16(17)19-13-15(10-11-18(19)20)12-14-6-2-1-3-7-14/h1-11,13H,12H2. The predicted octanol–water partition coefficient (Wildman–Crippen LogP) is 4.49. The van der Waals surface area contributed by atoms with Crippen molar-refractivity contribution >= 4 is 5.78 Å². The Balaban J connectivity index is 1.78. The van der Waals surface area contributed by atoms with Gasteiger partial charge in [-0.1, -0.05) is 72.8 Å². The molecular weight excluding hydrogens is 256 g/mol. The molecule has 0 amide bonds. The average molecular weight is 270 g/mol. The van der Waals surface area contributed by atoms with Crippen molar-refractivity contribution in [3.8, 4) is 11.1 Å². The van der Waals surface area contributed by atoms with E-state index in [4.69, 9.17) is 0 Å². The minimum absolute atomic E-state index is 0.145. The van der Waals surface area contributed by atoms with Gasteiger partial charge in [0, 0.05) is 11.1 Å². The van der Waals surface area contributed by atoms with Gasteiger partial charge in [-0.2, -0.15) is 0 Å². The lowest BCUT2D eigenvalue weighted by molar-refractivity contribution is 0.104. The largest absolute Gasteiger partial charge is 0.289 e. The Morgan fingerprint density at radius 3 is 2.05 bits per heavy atom. The molecule has 0 bridgehead atoms. The lowest BCUT2D eigenvalue weighted by Crippen LogP contribution is -1.95. The number of fused-ring (bicyclic) bond motifs is 3. The molecule has 100 valence electrons. The van der Waals surface area contributed by atoms with Gasteiger partial charge in [0.15, 0.2) is 5.78 Å². The van der Waals surface area contributed by atoms with Crippen molar-refractivity contribution in [2.45, 2.75) is 6.42 Å². The maximum Gasteiger partial charge on any atom is 0.194 e. The molecule has 4 rings (SSSR count). The summed E-state index contributed by atoms with van der Waals surface area (Å²) in [5.74, 6) is 0.145. The lowest BCUT2D eigenvalue weighted by atomic mass is 9.99. The van der Waals surface area contributed by atoms with Gasteiger partial charge in [0.05, 0.1) is 0 Å². The number of benzene rings is 3. The molecule has 0 atom stereocenters. The van der Waals surface area contributed by atoms with Gasteiger partial charge in [-0.05, 0) is 28.7 Å². The summed E-state index contributed by atoms with van der Waals surface area (Å²) >= 11 is 0. The van der Waals surface area contributed by atoms with E-state index in [2.05, 4.69) is 36.4 Å². The molecule has 1 aliphatic carbocycles. The summed E-state index contributed by atoms with van der Waals surface area (Å²) in [7, 11) is 0. The Morgan fingerprint density at radius 1 is 0.571 bits per heavy atom. The summed E-state index contributed by atoms with van der Waals surface area (Å²) in [4.78, 5) is 12.4. The highest BCUT2D eigenvalue weighted by Crippen LogP contribution is 2.37. The van der Waals surface area contributed by atoms with Gasteiger partial charge in [0.2, 0.25) is 0 Å². The van der Waals surface area contributed by atoms with Crippen LogP contribution in [0.25, 0.3) is 11.1 Å². The zero-order valence-electron chi connectivity index (χ0n) is 11.5. The number of ketones is 1. The van der Waals surface area contributed by atoms with E-state index >= 15 is 0 Å². The molecule has 0 heterocycles. The predicted molar refractivity (Wildman–Crippen MR) is 84.6 cm³/mol. The van der Waals surface area contributed by atoms with E-state index in [1.165, 1.54) is 11.1 Å². The second-order valence-corrected chi connectivity index (χ2v) is 5.42. The smallest absolute Gasteiger partial charge is 0.194 e. The molecule has 0 saturated heterocycles. The van der Waals surface area contributed by atoms with Gasteiger partial charge >= 0.3 is 0 Å². The first kappa shape index (κ1) is 12.1. The summed E-state index contributed by atoms with van der Waals surface area (Å²) in [6.07, 6.45) is 0.893. The SMILES string of the molecule is O=C1c2ccccc2-c2cc(Cc3ccccc3)ccc21. The zero-order valence-corrected chi connectivity index (χ0v) is 11.5. The first-order valence-electron chi connectivity index (χ1n) is 7.14. The molecule has 0 saturated carbocycles. The number of rotatable bonds is 2. The highest BCUT2D eigenvalue weighted by Gasteiger charge is 2.25. The Bertz CT molecular complexity index is 831. The molecular formula is C20H14O. The minimum atomic E-state index is 0.145. The van der Waals surface area contributed by atoms with Crippen molar-refractivity contribution in [2.24, 2.45) is 0 Å². The van der Waals surface area contributed by atoms with E-state index in [1.54, 1.807) is 0 Å². The van der Waals surface area contributed by atoms with Gasteiger partial charge in [-0.25, -0.2) is 0 Å². The quantitative estimate of drug-likeness (QED) is 0.524. The first-order valence-corrected chi connectivity index (χ1v) is 7.14. The molecule has 0 fully saturated rings. The molecule has 21 heavy (non-hydrogen) atoms. The molecule has 1 nitrogen and oxygen atoms in total. The van der Waals surface area contributed by atoms with Crippen molar-refractivity contribution in [1.82, 2.24) is 0 Å². The number of hydrogen-bond acceptors (Lipinski definition) is 1. The van der Waals surface area contributed by atoms with Crippen LogP contribution in [0, 0.1) is 0 Å². The zero-order chi connectivity index (χ0) is 14.2. The fraction of sp³-hybridized carbons (Fsp3) is 0.0500. The van der Waals surface area contributed by atoms with Crippen LogP contribution in [0.1, 0.15) is 27.0 Å². The van der Waals surface area contributed by atoms with Crippen LogP contribution in [0.3, 0.4) is 0 Å². The topological polar surface area (TPSA) is 17.1 Å². The summed E-state index contributed by atoms with van der Waals surface area (Å²) in [5.41, 5.74) is 6.31. The molecule has 0 spiro atoms. The highest BCUT2D eigenvalue weighted by molar-refractivity contribution is 6.21. The van der Waals surface area contributed by atoms with Crippen LogP contribution in [0.4, 0.5) is 0 Å². The number of carbonyl (C=O) groups is 1. The Labute approximate surface area is 123 Å². The van der Waals surface area contributed by atoms with Crippen LogP contribution in [-0.2, 0) is 6.42 Å². The number of carbonyl (C=O) groups excluding carboxylic acids is 1. The van der Waals surface area contributed by atoms with Crippen LogP contribution in [0.2, 0.25) is 0 Å². The second kappa shape index (κ2) is 4.71. The Morgan fingerprint density at radius 2 is 1.24 bits per heavy atom. The molecule has 1 heteroatoms. The first-order chi connectivity index (χ1) is 10.3. The summed E-state index contributed by atoms with van der Waals surface area (Å²) in [6.45, 7) is 0. The lowest BCUT2D eigenvalue weighted by Gasteiger charge is -2.05. The highest BCUT2D eigenvalue weighted by atomic mass is 16.1. The van der Waals surface area contributed by atoms with Crippen molar-refractivity contribution in [2.75, 3.05) is 0 Å². The Kier molecular flexibility index (Phi) is 2.71. The molecule has 3 aromatic rings. The van der Waals surface area contributed by atoms with Crippen LogP contribution >= 0.6 is 0 Å². The van der Waals surface area contributed by atoms with Gasteiger partial charge in [-0.3, -0.25) is 4.79 Å². The third-order valence-corrected chi connectivity index (χ3v) is 4.04. The maximum absolute atomic E-state index is 12.4. The summed E-state index contributed by atoms with van der Waals surface area (Å²) < 4.78 is 0. The van der Waals surface area contributed by atoms with E-state index in [0.717, 1.165) is 28.7 Å². The van der Waals surface area contributed by atoms with E-state index in [9.17, 15) is 4.79 Å². The monoisotopic (exact) mass is 270 g/mol. The van der Waals surface area contributed by atoms with Crippen LogP contribution in [0.15, 0.2) is 72.8 Å². The number of hydrogen-bond donors (Lipinski definition) is 0. The van der Waals surface area contributed by atoms with Crippen LogP contribution in [-0.4, -0.2) is 5.78 Å². The molecule has 0 aliphatic heterocycles. The molecule has 0 N–H and O–H groups in total. The molecule has 0 unspecified atom stereocenters. The van der Waals surface area contributed by atoms with E-state index in [0.29, 0.717) is 0 Å². The fourth-order valence-electron chi connectivity index (χ4n) is 3.01. The van der Waals surface area contributed by atoms with E-state index in [1.807, 2.05) is 36.4 Å². The maximum atomic E-state index is 12.4. The summed E-state index contributed by atoms with van der Waals surface area (Å²) in [5, 5.41) is 0. The van der Waals surface area contributed by atoms with Crippen molar-refractivity contribution < 1.29 is 4.79 Å². The molecule has 0 radical (unpaired) electrons. The van der Waals surface area contributed by atoms with Crippen molar-refractivity contribution in [3.63, 3.8) is 0 Å². The van der Waals surface area contributed by atoms with E-state index < -0.39 is 0 Å². The minimum Gasteiger partial charge on any atom is -0.289 e. The van der Waals surface area contributed by atoms with E-state index in [-0.39, 0.29) is 5.78 Å². The second-order valence-electron chi connectivity index (χ2n) is 5.42. The average Bonchev–Trinajstić information content (AvgIpc) is 2.82. The third-order valence-electron chi connectivity index (χ3n) is 4.04. The van der Waals surface area contributed by atoms with Gasteiger partial charge in [-0.15, -0.1) is 0 Å². The third kappa shape index (κ3) is 1.98. The van der Waals surface area contributed by atoms with Gasteiger partial charge in [0.1, 0.15) is 0 Å². The van der Waals surface area contributed by atoms with Gasteiger partial charge < -0.3 is 0 Å². The van der Waals surface area contributed by atoms with Crippen molar-refractivity contribution in [1.29, 1.82) is 0 Å². The molecule has 1 aliphatic rings. The normalized spacial score (nSPS) is 12.1. The Hall–Kier alpha value is -2.67. The van der Waals surface area contributed by atoms with Crippen LogP contribution < -0.4 is 0 Å². The van der Waals surface area contributed by atoms with Crippen LogP contribution in [0.5, 0.6) is 0 Å². The fourth-order valence-corrected chi connectivity index (χ4v) is 3.01. The van der Waals surface area contributed by atoms with Crippen molar-refractivity contribution in [3.05, 3.63) is 95.1 Å².